The number of hydrogen-bond donors (Lipinski definition) is 1. The molecule has 3 aliphatic heterocycles. The Bertz CT molecular complexity index is 1220. The van der Waals surface area contributed by atoms with Gasteiger partial charge < -0.3 is 15.1 Å². The molecule has 1 saturated carbocycles. The number of carbonyl (C=O) groups excluding carboxylic acids is 2. The summed E-state index contributed by atoms with van der Waals surface area (Å²) in [6.45, 7) is 3.91. The number of nitrogens with zero attached hydrogens (tertiary/aromatic N) is 4. The molecule has 40 heavy (non-hydrogen) atoms. The van der Waals surface area contributed by atoms with Crippen molar-refractivity contribution >= 4 is 24.2 Å². The molecule has 4 fully saturated rings. The Balaban J connectivity index is 0.00000323. The Morgan fingerprint density at radius 1 is 0.875 bits per heavy atom. The lowest BCUT2D eigenvalue weighted by Gasteiger charge is -2.36. The van der Waals surface area contributed by atoms with E-state index in [1.165, 1.54) is 12.1 Å². The zero-order valence-electron chi connectivity index (χ0n) is 22.5. The third-order valence-corrected chi connectivity index (χ3v) is 9.02. The second-order valence-corrected chi connectivity index (χ2v) is 11.6. The van der Waals surface area contributed by atoms with Gasteiger partial charge in [-0.05, 0) is 69.7 Å². The summed E-state index contributed by atoms with van der Waals surface area (Å²) in [5.74, 6) is 0.211. The van der Waals surface area contributed by atoms with Gasteiger partial charge in [0.1, 0.15) is 0 Å². The molecule has 4 heterocycles. The van der Waals surface area contributed by atoms with E-state index in [1.807, 2.05) is 9.58 Å². The first-order valence-corrected chi connectivity index (χ1v) is 14.3. The number of alkyl halides is 3. The van der Waals surface area contributed by atoms with Gasteiger partial charge in [-0.3, -0.25) is 14.3 Å². The Morgan fingerprint density at radius 2 is 1.55 bits per heavy atom. The third kappa shape index (κ3) is 5.75. The van der Waals surface area contributed by atoms with E-state index < -0.39 is 11.7 Å². The second kappa shape index (κ2) is 11.7. The van der Waals surface area contributed by atoms with Crippen molar-refractivity contribution < 1.29 is 22.8 Å². The highest BCUT2D eigenvalue weighted by molar-refractivity contribution is 5.95. The van der Waals surface area contributed by atoms with Crippen LogP contribution in [0.15, 0.2) is 30.5 Å². The molecular formula is C29H37ClF3N5O2. The Kier molecular flexibility index (Phi) is 8.47. The zero-order chi connectivity index (χ0) is 27.1. The smallest absolute Gasteiger partial charge is 0.342 e. The Labute approximate surface area is 238 Å². The van der Waals surface area contributed by atoms with Crippen LogP contribution in [0.1, 0.15) is 90.0 Å². The van der Waals surface area contributed by atoms with Crippen LogP contribution in [0.25, 0.3) is 0 Å². The molecule has 3 saturated heterocycles. The van der Waals surface area contributed by atoms with Gasteiger partial charge in [0.05, 0.1) is 29.1 Å². The molecule has 1 aromatic heterocycles. The molecule has 1 aliphatic carbocycles. The van der Waals surface area contributed by atoms with Crippen molar-refractivity contribution in [2.75, 3.05) is 39.3 Å². The van der Waals surface area contributed by atoms with Crippen LogP contribution >= 0.6 is 12.4 Å². The van der Waals surface area contributed by atoms with E-state index in [2.05, 4.69) is 10.4 Å². The highest BCUT2D eigenvalue weighted by atomic mass is 35.5. The van der Waals surface area contributed by atoms with Crippen molar-refractivity contribution in [1.29, 1.82) is 0 Å². The van der Waals surface area contributed by atoms with Crippen molar-refractivity contribution in [2.24, 2.45) is 5.92 Å². The first-order chi connectivity index (χ1) is 18.8. The van der Waals surface area contributed by atoms with Gasteiger partial charge in [0, 0.05) is 43.9 Å². The molecule has 11 heteroatoms. The predicted molar refractivity (Wildman–Crippen MR) is 147 cm³/mol. The minimum Gasteiger partial charge on any atom is -0.342 e. The average molecular weight is 580 g/mol. The molecule has 0 unspecified atom stereocenters. The molecule has 6 rings (SSSR count). The number of aromatic nitrogens is 2. The fraction of sp³-hybridized carbons (Fsp3) is 0.621. The van der Waals surface area contributed by atoms with Crippen molar-refractivity contribution in [3.63, 3.8) is 0 Å². The van der Waals surface area contributed by atoms with Gasteiger partial charge in [0.2, 0.25) is 5.91 Å². The van der Waals surface area contributed by atoms with Gasteiger partial charge in [-0.15, -0.1) is 12.4 Å². The van der Waals surface area contributed by atoms with Gasteiger partial charge >= 0.3 is 6.18 Å². The van der Waals surface area contributed by atoms with E-state index in [0.29, 0.717) is 37.5 Å². The van der Waals surface area contributed by atoms with Crippen LogP contribution in [0.3, 0.4) is 0 Å². The van der Waals surface area contributed by atoms with Crippen LogP contribution in [-0.2, 0) is 11.0 Å². The molecule has 1 N–H and O–H groups in total. The molecule has 2 aromatic rings. The fourth-order valence-electron chi connectivity index (χ4n) is 6.73. The molecule has 4 aliphatic rings. The van der Waals surface area contributed by atoms with Crippen LogP contribution in [0, 0.1) is 5.92 Å². The lowest BCUT2D eigenvalue weighted by atomic mass is 9.93. The van der Waals surface area contributed by atoms with Gasteiger partial charge in [-0.2, -0.15) is 18.3 Å². The van der Waals surface area contributed by atoms with Crippen LogP contribution in [0.5, 0.6) is 0 Å². The minimum absolute atomic E-state index is 0. The van der Waals surface area contributed by atoms with E-state index in [1.54, 1.807) is 17.2 Å². The van der Waals surface area contributed by atoms with Gasteiger partial charge in [-0.25, -0.2) is 0 Å². The molecule has 2 amide bonds. The van der Waals surface area contributed by atoms with Crippen molar-refractivity contribution in [3.8, 4) is 0 Å². The van der Waals surface area contributed by atoms with Crippen molar-refractivity contribution in [2.45, 2.75) is 69.0 Å². The van der Waals surface area contributed by atoms with E-state index in [0.717, 1.165) is 63.4 Å². The van der Waals surface area contributed by atoms with Crippen LogP contribution in [0.2, 0.25) is 0 Å². The standard InChI is InChI=1S/C29H36F3N5O2.ClH/c30-29(31,32)25-4-2-1-3-23(25)21-9-14-36(18-21)28(39)24-17-34-37(26(24)19-5-6-19)22-10-15-35(16-11-22)27(38)20-7-12-33-13-8-20;/h1-4,17,19-22,33H,5-16,18H2;1H/t21-;/m1./s1. The summed E-state index contributed by atoms with van der Waals surface area (Å²) in [6, 6.07) is 5.85. The van der Waals surface area contributed by atoms with E-state index in [9.17, 15) is 22.8 Å². The fourth-order valence-corrected chi connectivity index (χ4v) is 6.73. The summed E-state index contributed by atoms with van der Waals surface area (Å²) in [6.07, 6.45) is 3.21. The van der Waals surface area contributed by atoms with E-state index in [-0.39, 0.29) is 54.2 Å². The van der Waals surface area contributed by atoms with Crippen molar-refractivity contribution in [3.05, 3.63) is 52.8 Å². The number of rotatable bonds is 5. The molecule has 1 atom stereocenters. The summed E-state index contributed by atoms with van der Waals surface area (Å²) in [4.78, 5) is 30.4. The molecule has 0 spiro atoms. The summed E-state index contributed by atoms with van der Waals surface area (Å²) in [7, 11) is 0. The summed E-state index contributed by atoms with van der Waals surface area (Å²) < 4.78 is 42.8. The Morgan fingerprint density at radius 3 is 2.23 bits per heavy atom. The van der Waals surface area contributed by atoms with Crippen LogP contribution in [0.4, 0.5) is 13.2 Å². The number of benzene rings is 1. The summed E-state index contributed by atoms with van der Waals surface area (Å²) >= 11 is 0. The van der Waals surface area contributed by atoms with Gasteiger partial charge in [0.25, 0.3) is 5.91 Å². The topological polar surface area (TPSA) is 70.5 Å². The molecule has 7 nitrogen and oxygen atoms in total. The monoisotopic (exact) mass is 579 g/mol. The lowest BCUT2D eigenvalue weighted by molar-refractivity contribution is -0.138. The Hall–Kier alpha value is -2.59. The second-order valence-electron chi connectivity index (χ2n) is 11.6. The third-order valence-electron chi connectivity index (χ3n) is 9.02. The normalized spacial score (nSPS) is 22.8. The summed E-state index contributed by atoms with van der Waals surface area (Å²) in [5, 5.41) is 8.00. The number of likely N-dealkylation sites (tertiary alicyclic amines) is 2. The number of carbonyl (C=O) groups is 2. The molecule has 0 bridgehead atoms. The molecule has 218 valence electrons. The average Bonchev–Trinajstić information content (AvgIpc) is 3.50. The van der Waals surface area contributed by atoms with E-state index in [4.69, 9.17) is 0 Å². The van der Waals surface area contributed by atoms with Crippen LogP contribution < -0.4 is 5.32 Å². The molecule has 1 aromatic carbocycles. The number of hydrogen-bond acceptors (Lipinski definition) is 4. The first kappa shape index (κ1) is 28.9. The highest BCUT2D eigenvalue weighted by Gasteiger charge is 2.40. The minimum atomic E-state index is -4.41. The summed E-state index contributed by atoms with van der Waals surface area (Å²) in [5.41, 5.74) is 1.22. The number of piperidine rings is 2. The number of halogens is 4. The number of nitrogens with one attached hydrogen (secondary N) is 1. The largest absolute Gasteiger partial charge is 0.416 e. The maximum Gasteiger partial charge on any atom is 0.416 e. The maximum atomic E-state index is 13.7. The molecule has 0 radical (unpaired) electrons. The first-order valence-electron chi connectivity index (χ1n) is 14.3. The zero-order valence-corrected chi connectivity index (χ0v) is 23.4. The van der Waals surface area contributed by atoms with E-state index >= 15 is 0 Å². The lowest BCUT2D eigenvalue weighted by Crippen LogP contribution is -2.45. The SMILES string of the molecule is Cl.O=C(c1cnn(C2CCN(C(=O)C3CCNCC3)CC2)c1C1CC1)N1CC[C@@H](c2ccccc2C(F)(F)F)C1. The predicted octanol–water partition coefficient (Wildman–Crippen LogP) is 4.99. The van der Waals surface area contributed by atoms with Gasteiger partial charge in [-0.1, -0.05) is 18.2 Å². The number of amides is 2. The van der Waals surface area contributed by atoms with Crippen LogP contribution in [-0.4, -0.2) is 70.7 Å². The highest BCUT2D eigenvalue weighted by Crippen LogP contribution is 2.44. The van der Waals surface area contributed by atoms with Crippen molar-refractivity contribution in [1.82, 2.24) is 24.9 Å². The molecular weight excluding hydrogens is 543 g/mol. The van der Waals surface area contributed by atoms with Gasteiger partial charge in [0.15, 0.2) is 0 Å². The quantitative estimate of drug-likeness (QED) is 0.542. The maximum absolute atomic E-state index is 13.7.